The number of carbonyl (C=O) groups is 2. The zero-order valence-electron chi connectivity index (χ0n) is 20.9. The van der Waals surface area contributed by atoms with Crippen LogP contribution in [-0.2, 0) is 17.5 Å². The van der Waals surface area contributed by atoms with Gasteiger partial charge >= 0.3 is 12.1 Å². The third-order valence-electron chi connectivity index (χ3n) is 6.20. The lowest BCUT2D eigenvalue weighted by atomic mass is 9.97. The first kappa shape index (κ1) is 29.1. The molecule has 0 amide bonds. The molecular formula is C30H23Cl2F3N2O3. The number of Topliss-reactive ketones (excluding diaryl/α,β-unsaturated/α-hetero) is 1. The van der Waals surface area contributed by atoms with Crippen molar-refractivity contribution < 1.29 is 27.9 Å². The molecule has 4 aromatic rings. The molecule has 206 valence electrons. The molecule has 10 heteroatoms. The molecule has 40 heavy (non-hydrogen) atoms. The number of hydrogen-bond donors (Lipinski definition) is 2. The zero-order chi connectivity index (χ0) is 28.9. The summed E-state index contributed by atoms with van der Waals surface area (Å²) in [7, 11) is 0. The molecule has 0 aliphatic rings. The number of halogens is 5. The highest BCUT2D eigenvalue weighted by atomic mass is 35.5. The Balaban J connectivity index is 1.54. The number of benzene rings is 3. The van der Waals surface area contributed by atoms with Crippen molar-refractivity contribution in [3.05, 3.63) is 106 Å². The van der Waals surface area contributed by atoms with Crippen LogP contribution >= 0.6 is 23.2 Å². The molecule has 0 radical (unpaired) electrons. The van der Waals surface area contributed by atoms with Crippen molar-refractivity contribution in [1.29, 1.82) is 0 Å². The molecular weight excluding hydrogens is 564 g/mol. The summed E-state index contributed by atoms with van der Waals surface area (Å²) in [6.45, 7) is 0.227. The highest BCUT2D eigenvalue weighted by Crippen LogP contribution is 2.35. The Hall–Kier alpha value is -3.88. The molecule has 0 saturated heterocycles. The Morgan fingerprint density at radius 3 is 2.20 bits per heavy atom. The Labute approximate surface area is 238 Å². The van der Waals surface area contributed by atoms with E-state index in [1.807, 2.05) is 30.3 Å². The first-order chi connectivity index (χ1) is 19.0. The molecule has 1 aromatic heterocycles. The first-order valence-electron chi connectivity index (χ1n) is 12.2. The van der Waals surface area contributed by atoms with E-state index in [2.05, 4.69) is 10.3 Å². The number of carbonyl (C=O) groups excluding carboxylic acids is 1. The van der Waals surface area contributed by atoms with E-state index in [1.54, 1.807) is 18.2 Å². The van der Waals surface area contributed by atoms with Gasteiger partial charge in [-0.3, -0.25) is 14.6 Å². The fourth-order valence-electron chi connectivity index (χ4n) is 4.11. The minimum atomic E-state index is -4.53. The van der Waals surface area contributed by atoms with Crippen molar-refractivity contribution in [3.8, 4) is 22.3 Å². The van der Waals surface area contributed by atoms with Gasteiger partial charge in [0.1, 0.15) is 5.69 Å². The second-order valence-electron chi connectivity index (χ2n) is 9.03. The summed E-state index contributed by atoms with van der Waals surface area (Å²) >= 11 is 12.3. The molecule has 0 bridgehead atoms. The molecule has 4 rings (SSSR count). The molecule has 0 atom stereocenters. The predicted molar refractivity (Wildman–Crippen MR) is 150 cm³/mol. The number of alkyl halides is 3. The van der Waals surface area contributed by atoms with Gasteiger partial charge in [-0.1, -0.05) is 53.5 Å². The van der Waals surface area contributed by atoms with Crippen LogP contribution in [0.2, 0.25) is 10.0 Å². The molecule has 0 spiro atoms. The van der Waals surface area contributed by atoms with E-state index in [1.165, 1.54) is 18.3 Å². The zero-order valence-corrected chi connectivity index (χ0v) is 22.4. The van der Waals surface area contributed by atoms with Crippen molar-refractivity contribution >= 4 is 40.6 Å². The predicted octanol–water partition coefficient (Wildman–Crippen LogP) is 8.79. The lowest BCUT2D eigenvalue weighted by Crippen LogP contribution is -2.08. The summed E-state index contributed by atoms with van der Waals surface area (Å²) in [5, 5.41) is 13.0. The topological polar surface area (TPSA) is 79.3 Å². The molecule has 0 saturated carbocycles. The number of anilines is 1. The van der Waals surface area contributed by atoms with Gasteiger partial charge < -0.3 is 10.4 Å². The van der Waals surface area contributed by atoms with E-state index in [4.69, 9.17) is 28.3 Å². The number of nitrogens with zero attached hydrogens (tertiary/aromatic N) is 1. The quantitative estimate of drug-likeness (QED) is 0.181. The van der Waals surface area contributed by atoms with Gasteiger partial charge in [-0.15, -0.1) is 0 Å². The number of aliphatic carboxylic acids is 1. The van der Waals surface area contributed by atoms with E-state index >= 15 is 0 Å². The summed E-state index contributed by atoms with van der Waals surface area (Å²) in [4.78, 5) is 27.1. The molecule has 0 aliphatic heterocycles. The van der Waals surface area contributed by atoms with Crippen molar-refractivity contribution in [2.75, 3.05) is 5.32 Å². The summed E-state index contributed by atoms with van der Waals surface area (Å²) in [6.07, 6.45) is -3.13. The van der Waals surface area contributed by atoms with Gasteiger partial charge in [-0.25, -0.2) is 0 Å². The van der Waals surface area contributed by atoms with Gasteiger partial charge in [-0.2, -0.15) is 13.2 Å². The maximum Gasteiger partial charge on any atom is 0.416 e. The SMILES string of the molecule is O=C(O)CCCC(=O)c1ccc(-c2cc(C(F)(F)F)ccc2CNc2ccc(-c3ccc(Cl)cc3Cl)cc2)cn1. The maximum atomic E-state index is 13.5. The summed E-state index contributed by atoms with van der Waals surface area (Å²) in [5.41, 5.74) is 3.11. The standard InChI is InChI=1S/C30H23Cl2F3N2O3/c31-22-9-12-24(26(32)15-22)18-5-10-23(11-6-18)36-16-19-4-8-21(30(33,34)35)14-25(19)20-7-13-27(37-17-20)28(38)2-1-3-29(39)40/h4-15,17,36H,1-3,16H2,(H,39,40). The summed E-state index contributed by atoms with van der Waals surface area (Å²) in [5.74, 6) is -1.33. The van der Waals surface area contributed by atoms with Gasteiger partial charge in [0.25, 0.3) is 0 Å². The normalized spacial score (nSPS) is 11.3. The number of nitrogens with one attached hydrogen (secondary N) is 1. The van der Waals surface area contributed by atoms with Crippen LogP contribution in [0.3, 0.4) is 0 Å². The van der Waals surface area contributed by atoms with Gasteiger partial charge in [0, 0.05) is 52.4 Å². The Morgan fingerprint density at radius 1 is 0.850 bits per heavy atom. The minimum absolute atomic E-state index is 0.0143. The minimum Gasteiger partial charge on any atom is -0.481 e. The van der Waals surface area contributed by atoms with E-state index < -0.39 is 17.7 Å². The average Bonchev–Trinajstić information content (AvgIpc) is 2.91. The van der Waals surface area contributed by atoms with Crippen LogP contribution in [0.5, 0.6) is 0 Å². The molecule has 0 unspecified atom stereocenters. The van der Waals surface area contributed by atoms with Crippen LogP contribution in [-0.4, -0.2) is 21.8 Å². The number of carboxylic acid groups (broad SMARTS) is 1. The van der Waals surface area contributed by atoms with E-state index in [0.29, 0.717) is 26.7 Å². The molecule has 5 nitrogen and oxygen atoms in total. The van der Waals surface area contributed by atoms with E-state index in [0.717, 1.165) is 28.9 Å². The van der Waals surface area contributed by atoms with E-state index in [9.17, 15) is 22.8 Å². The second kappa shape index (κ2) is 12.5. The van der Waals surface area contributed by atoms with Crippen molar-refractivity contribution in [3.63, 3.8) is 0 Å². The third kappa shape index (κ3) is 7.40. The first-order valence-corrected chi connectivity index (χ1v) is 13.0. The van der Waals surface area contributed by atoms with Crippen molar-refractivity contribution in [2.24, 2.45) is 0 Å². The maximum absolute atomic E-state index is 13.5. The highest BCUT2D eigenvalue weighted by Gasteiger charge is 2.31. The monoisotopic (exact) mass is 586 g/mol. The van der Waals surface area contributed by atoms with Gasteiger partial charge in [-0.05, 0) is 65.6 Å². The number of hydrogen-bond acceptors (Lipinski definition) is 4. The van der Waals surface area contributed by atoms with Crippen LogP contribution in [0.15, 0.2) is 79.0 Å². The number of carboxylic acids is 1. The number of aromatic nitrogens is 1. The fraction of sp³-hybridized carbons (Fsp3) is 0.167. The fourth-order valence-corrected chi connectivity index (χ4v) is 4.63. The van der Waals surface area contributed by atoms with Crippen molar-refractivity contribution in [1.82, 2.24) is 4.98 Å². The van der Waals surface area contributed by atoms with Crippen LogP contribution in [0.1, 0.15) is 40.9 Å². The van der Waals surface area contributed by atoms with Crippen molar-refractivity contribution in [2.45, 2.75) is 32.0 Å². The molecule has 3 aromatic carbocycles. The van der Waals surface area contributed by atoms with Gasteiger partial charge in [0.15, 0.2) is 5.78 Å². The van der Waals surface area contributed by atoms with Gasteiger partial charge in [0.2, 0.25) is 0 Å². The smallest absolute Gasteiger partial charge is 0.416 e. The van der Waals surface area contributed by atoms with Crippen LogP contribution < -0.4 is 5.32 Å². The number of pyridine rings is 1. The Bertz CT molecular complexity index is 1520. The highest BCUT2D eigenvalue weighted by molar-refractivity contribution is 6.36. The molecule has 2 N–H and O–H groups in total. The largest absolute Gasteiger partial charge is 0.481 e. The molecule has 1 heterocycles. The summed E-state index contributed by atoms with van der Waals surface area (Å²) < 4.78 is 40.5. The summed E-state index contributed by atoms with van der Waals surface area (Å²) in [6, 6.07) is 19.2. The Morgan fingerprint density at radius 2 is 1.57 bits per heavy atom. The van der Waals surface area contributed by atoms with Gasteiger partial charge in [0.05, 0.1) is 5.56 Å². The third-order valence-corrected chi connectivity index (χ3v) is 6.75. The van der Waals surface area contributed by atoms with Crippen LogP contribution in [0, 0.1) is 0 Å². The van der Waals surface area contributed by atoms with Crippen LogP contribution in [0.25, 0.3) is 22.3 Å². The average molecular weight is 587 g/mol. The van der Waals surface area contributed by atoms with Crippen LogP contribution in [0.4, 0.5) is 18.9 Å². The molecule has 0 aliphatic carbocycles. The number of rotatable bonds is 10. The Kier molecular flexibility index (Phi) is 9.12. The lowest BCUT2D eigenvalue weighted by Gasteiger charge is -2.15. The lowest BCUT2D eigenvalue weighted by molar-refractivity contribution is -0.138. The molecule has 0 fully saturated rings. The van der Waals surface area contributed by atoms with E-state index in [-0.39, 0.29) is 37.3 Å². The number of ketones is 1. The second-order valence-corrected chi connectivity index (χ2v) is 9.87.